The number of aliphatic imine (C=N–C) groups is 1. The second-order valence-corrected chi connectivity index (χ2v) is 8.76. The van der Waals surface area contributed by atoms with Gasteiger partial charge >= 0.3 is 6.03 Å². The number of nitrogens with one attached hydrogen (secondary N) is 2. The van der Waals surface area contributed by atoms with Gasteiger partial charge in [-0.15, -0.1) is 11.3 Å². The Morgan fingerprint density at radius 1 is 1.24 bits per heavy atom. The van der Waals surface area contributed by atoms with Crippen molar-refractivity contribution in [2.24, 2.45) is 10.7 Å². The maximum Gasteiger partial charge on any atom is 0.345 e. The molecule has 1 atom stereocenters. The zero-order chi connectivity index (χ0) is 24.9. The van der Waals surface area contributed by atoms with Gasteiger partial charge in [0.15, 0.2) is 0 Å². The van der Waals surface area contributed by atoms with Gasteiger partial charge in [0.25, 0.3) is 0 Å². The fourth-order valence-corrected chi connectivity index (χ4v) is 4.37. The monoisotopic (exact) mass is 496 g/mol. The molecule has 1 unspecified atom stereocenters. The standard InChI is InChI=1S/C21H32N6O6S/c22-19(25-21(33)26(8-11-29)9-12-30)17-5-4-15(34-17)13-24-20(32)16-3-1-2-7-27(16)18(31)14-23-6-10-28/h4-5,10,16,23,29-30H,1-3,6-9,11-14H2,(H,24,32)(H2,22,25,33). The lowest BCUT2D eigenvalue weighted by atomic mass is 10.0. The van der Waals surface area contributed by atoms with E-state index >= 15 is 0 Å². The summed E-state index contributed by atoms with van der Waals surface area (Å²) >= 11 is 1.27. The lowest BCUT2D eigenvalue weighted by Gasteiger charge is -2.34. The van der Waals surface area contributed by atoms with Crippen molar-refractivity contribution in [1.82, 2.24) is 20.4 Å². The van der Waals surface area contributed by atoms with Gasteiger partial charge in [-0.2, -0.15) is 4.99 Å². The number of rotatable bonds is 12. The minimum Gasteiger partial charge on any atom is -0.395 e. The lowest BCUT2D eigenvalue weighted by molar-refractivity contribution is -0.141. The molecule has 2 rings (SSSR count). The van der Waals surface area contributed by atoms with E-state index in [0.29, 0.717) is 24.1 Å². The highest BCUT2D eigenvalue weighted by molar-refractivity contribution is 7.14. The number of piperidine rings is 1. The Bertz CT molecular complexity index is 870. The summed E-state index contributed by atoms with van der Waals surface area (Å²) in [5.74, 6) is -0.468. The SMILES string of the molecule is NC(=NC(=O)N(CCO)CCO)c1ccc(CNC(=O)C2CCCCN2C(=O)CNCC=O)s1. The molecule has 1 saturated heterocycles. The van der Waals surface area contributed by atoms with Crippen molar-refractivity contribution in [3.8, 4) is 0 Å². The molecule has 2 heterocycles. The first-order valence-corrected chi connectivity index (χ1v) is 11.9. The molecule has 0 bridgehead atoms. The molecule has 1 aromatic rings. The van der Waals surface area contributed by atoms with Crippen LogP contribution in [0.25, 0.3) is 0 Å². The number of hydrogen-bond donors (Lipinski definition) is 5. The molecule has 4 amide bonds. The van der Waals surface area contributed by atoms with Crippen LogP contribution in [0.1, 0.15) is 29.0 Å². The van der Waals surface area contributed by atoms with Crippen LogP contribution in [0.2, 0.25) is 0 Å². The van der Waals surface area contributed by atoms with Gasteiger partial charge in [0.05, 0.1) is 37.7 Å². The highest BCUT2D eigenvalue weighted by Gasteiger charge is 2.31. The molecule has 34 heavy (non-hydrogen) atoms. The minimum absolute atomic E-state index is 0.000308. The van der Waals surface area contributed by atoms with Gasteiger partial charge in [-0.05, 0) is 31.4 Å². The van der Waals surface area contributed by atoms with Crippen LogP contribution in [-0.2, 0) is 20.9 Å². The van der Waals surface area contributed by atoms with Crippen molar-refractivity contribution in [2.45, 2.75) is 31.8 Å². The number of amidine groups is 1. The van der Waals surface area contributed by atoms with Crippen LogP contribution >= 0.6 is 11.3 Å². The fourth-order valence-electron chi connectivity index (χ4n) is 3.52. The van der Waals surface area contributed by atoms with Gasteiger partial charge in [0, 0.05) is 24.5 Å². The molecule has 1 fully saturated rings. The Hall–Kier alpha value is -2.87. The van der Waals surface area contributed by atoms with Crippen LogP contribution in [0.5, 0.6) is 0 Å². The van der Waals surface area contributed by atoms with Crippen LogP contribution in [0.15, 0.2) is 17.1 Å². The first-order chi connectivity index (χ1) is 16.4. The van der Waals surface area contributed by atoms with Crippen molar-refractivity contribution in [3.63, 3.8) is 0 Å². The first-order valence-electron chi connectivity index (χ1n) is 11.1. The highest BCUT2D eigenvalue weighted by Crippen LogP contribution is 2.19. The summed E-state index contributed by atoms with van der Waals surface area (Å²) in [7, 11) is 0. The fraction of sp³-hybridized carbons (Fsp3) is 0.571. The van der Waals surface area contributed by atoms with E-state index < -0.39 is 12.1 Å². The maximum atomic E-state index is 12.8. The number of hydrogen-bond acceptors (Lipinski definition) is 8. The van der Waals surface area contributed by atoms with Gasteiger partial charge in [0.2, 0.25) is 11.8 Å². The van der Waals surface area contributed by atoms with Crippen LogP contribution in [0, 0.1) is 0 Å². The predicted octanol–water partition coefficient (Wildman–Crippen LogP) is -1.35. The summed E-state index contributed by atoms with van der Waals surface area (Å²) in [6.07, 6.45) is 2.91. The van der Waals surface area contributed by atoms with Crippen molar-refractivity contribution in [2.75, 3.05) is 45.9 Å². The van der Waals surface area contributed by atoms with Gasteiger partial charge in [-0.3, -0.25) is 9.59 Å². The molecule has 1 aromatic heterocycles. The van der Waals surface area contributed by atoms with Gasteiger partial charge in [-0.25, -0.2) is 4.79 Å². The topological polar surface area (TPSA) is 178 Å². The smallest absolute Gasteiger partial charge is 0.345 e. The number of thiophene rings is 1. The van der Waals surface area contributed by atoms with Crippen LogP contribution < -0.4 is 16.4 Å². The molecule has 0 spiro atoms. The molecule has 6 N–H and O–H groups in total. The van der Waals surface area contributed by atoms with Gasteiger partial charge in [0.1, 0.15) is 18.2 Å². The molecule has 0 radical (unpaired) electrons. The zero-order valence-corrected chi connectivity index (χ0v) is 19.8. The normalized spacial score (nSPS) is 16.2. The number of carbonyl (C=O) groups excluding carboxylic acids is 4. The molecule has 13 heteroatoms. The molecule has 0 aromatic carbocycles. The molecule has 0 aliphatic carbocycles. The van der Waals surface area contributed by atoms with Crippen LogP contribution in [0.3, 0.4) is 0 Å². The predicted molar refractivity (Wildman–Crippen MR) is 126 cm³/mol. The van der Waals surface area contributed by atoms with E-state index in [1.807, 2.05) is 0 Å². The number of aliphatic hydroxyl groups is 2. The third-order valence-corrected chi connectivity index (χ3v) is 6.31. The van der Waals surface area contributed by atoms with E-state index in [4.69, 9.17) is 15.9 Å². The summed E-state index contributed by atoms with van der Waals surface area (Å²) in [6, 6.07) is 2.23. The lowest BCUT2D eigenvalue weighted by Crippen LogP contribution is -2.53. The third-order valence-electron chi connectivity index (χ3n) is 5.21. The average Bonchev–Trinajstić information content (AvgIpc) is 3.31. The number of nitrogens with two attached hydrogens (primary N) is 1. The quantitative estimate of drug-likeness (QED) is 0.102. The molecule has 1 aliphatic rings. The van der Waals surface area contributed by atoms with E-state index in [2.05, 4.69) is 15.6 Å². The van der Waals surface area contributed by atoms with E-state index in [-0.39, 0.29) is 63.6 Å². The van der Waals surface area contributed by atoms with E-state index in [9.17, 15) is 19.2 Å². The number of aliphatic hydroxyl groups excluding tert-OH is 2. The summed E-state index contributed by atoms with van der Waals surface area (Å²) in [5.41, 5.74) is 5.94. The largest absolute Gasteiger partial charge is 0.395 e. The number of likely N-dealkylation sites (tertiary alicyclic amines) is 1. The van der Waals surface area contributed by atoms with Crippen molar-refractivity contribution < 1.29 is 29.4 Å². The van der Waals surface area contributed by atoms with Crippen molar-refractivity contribution in [1.29, 1.82) is 0 Å². The molecular formula is C21H32N6O6S. The average molecular weight is 497 g/mol. The molecule has 12 nitrogen and oxygen atoms in total. The maximum absolute atomic E-state index is 12.8. The number of nitrogens with zero attached hydrogens (tertiary/aromatic N) is 3. The zero-order valence-electron chi connectivity index (χ0n) is 18.9. The first kappa shape index (κ1) is 27.4. The van der Waals surface area contributed by atoms with Crippen molar-refractivity contribution in [3.05, 3.63) is 21.9 Å². The van der Waals surface area contributed by atoms with E-state index in [1.54, 1.807) is 17.0 Å². The summed E-state index contributed by atoms with van der Waals surface area (Å²) in [6.45, 7) is 0.351. The highest BCUT2D eigenvalue weighted by atomic mass is 32.1. The second kappa shape index (κ2) is 14.4. The number of urea groups is 1. The summed E-state index contributed by atoms with van der Waals surface area (Å²) in [4.78, 5) is 55.8. The number of carbonyl (C=O) groups is 4. The second-order valence-electron chi connectivity index (χ2n) is 7.59. The molecular weight excluding hydrogens is 464 g/mol. The Kier molecular flexibility index (Phi) is 11.6. The minimum atomic E-state index is -0.659. The number of amides is 4. The summed E-state index contributed by atoms with van der Waals surface area (Å²) in [5, 5.41) is 23.7. The van der Waals surface area contributed by atoms with Crippen LogP contribution in [0.4, 0.5) is 4.79 Å². The van der Waals surface area contributed by atoms with Gasteiger partial charge in [-0.1, -0.05) is 0 Å². The number of aldehydes is 1. The molecule has 188 valence electrons. The Morgan fingerprint density at radius 3 is 2.65 bits per heavy atom. The summed E-state index contributed by atoms with van der Waals surface area (Å²) < 4.78 is 0. The van der Waals surface area contributed by atoms with Crippen LogP contribution in [-0.4, -0.2) is 102 Å². The molecule has 0 saturated carbocycles. The van der Waals surface area contributed by atoms with E-state index in [0.717, 1.165) is 17.7 Å². The third kappa shape index (κ3) is 8.17. The molecule has 1 aliphatic heterocycles. The Labute approximate surface area is 201 Å². The van der Waals surface area contributed by atoms with Gasteiger partial charge < -0.3 is 41.2 Å². The van der Waals surface area contributed by atoms with Crippen molar-refractivity contribution >= 4 is 41.3 Å². The Morgan fingerprint density at radius 2 is 1.97 bits per heavy atom. The Balaban J connectivity index is 1.95. The van der Waals surface area contributed by atoms with E-state index in [1.165, 1.54) is 16.2 Å².